The zero-order valence-corrected chi connectivity index (χ0v) is 16.8. The van der Waals surface area contributed by atoms with Gasteiger partial charge in [0.15, 0.2) is 5.58 Å². The topological polar surface area (TPSA) is 53.9 Å². The van der Waals surface area contributed by atoms with Gasteiger partial charge in [-0.1, -0.05) is 18.2 Å². The van der Waals surface area contributed by atoms with Gasteiger partial charge in [0.2, 0.25) is 5.89 Å². The lowest BCUT2D eigenvalue weighted by Crippen LogP contribution is -2.26. The SMILES string of the molecule is Cl.c1ccc2c(-c3nc4c(ccc5[nH]cc(C6CCNCC6)c54)o3)csc2c1. The third kappa shape index (κ3) is 2.65. The second-order valence-corrected chi connectivity index (χ2v) is 8.18. The fourth-order valence-corrected chi connectivity index (χ4v) is 5.28. The summed E-state index contributed by atoms with van der Waals surface area (Å²) < 4.78 is 7.47. The molecule has 1 aliphatic heterocycles. The number of fused-ring (bicyclic) bond motifs is 4. The Hall–Kier alpha value is -2.34. The number of hydrogen-bond donors (Lipinski definition) is 2. The molecule has 3 aromatic heterocycles. The fraction of sp³-hybridized carbons (Fsp3) is 0.227. The minimum absolute atomic E-state index is 0. The van der Waals surface area contributed by atoms with Crippen LogP contribution in [0.2, 0.25) is 0 Å². The van der Waals surface area contributed by atoms with E-state index in [4.69, 9.17) is 9.40 Å². The second kappa shape index (κ2) is 6.92. The lowest BCUT2D eigenvalue weighted by Gasteiger charge is -2.22. The number of thiophene rings is 1. The van der Waals surface area contributed by atoms with E-state index in [1.54, 1.807) is 11.3 Å². The van der Waals surface area contributed by atoms with Crippen LogP contribution in [0.15, 0.2) is 52.4 Å². The molecule has 6 heteroatoms. The van der Waals surface area contributed by atoms with Crippen molar-refractivity contribution < 1.29 is 4.42 Å². The lowest BCUT2D eigenvalue weighted by molar-refractivity contribution is 0.462. The van der Waals surface area contributed by atoms with Crippen molar-refractivity contribution in [2.75, 3.05) is 13.1 Å². The Morgan fingerprint density at radius 1 is 1.07 bits per heavy atom. The molecular weight excluding hydrogens is 390 g/mol. The average Bonchev–Trinajstić information content (AvgIpc) is 3.43. The summed E-state index contributed by atoms with van der Waals surface area (Å²) in [6.45, 7) is 2.16. The summed E-state index contributed by atoms with van der Waals surface area (Å²) >= 11 is 1.74. The molecule has 1 fully saturated rings. The van der Waals surface area contributed by atoms with Crippen LogP contribution < -0.4 is 5.32 Å². The van der Waals surface area contributed by atoms with E-state index >= 15 is 0 Å². The molecule has 6 rings (SSSR count). The van der Waals surface area contributed by atoms with E-state index in [9.17, 15) is 0 Å². The summed E-state index contributed by atoms with van der Waals surface area (Å²) in [5.41, 5.74) is 5.45. The molecule has 4 heterocycles. The van der Waals surface area contributed by atoms with Gasteiger partial charge in [-0.3, -0.25) is 0 Å². The van der Waals surface area contributed by atoms with E-state index in [1.165, 1.54) is 33.9 Å². The van der Waals surface area contributed by atoms with Gasteiger partial charge in [-0.15, -0.1) is 23.7 Å². The molecule has 0 aliphatic carbocycles. The van der Waals surface area contributed by atoms with Crippen LogP contribution >= 0.6 is 23.7 Å². The Morgan fingerprint density at radius 2 is 1.93 bits per heavy atom. The molecule has 2 aromatic carbocycles. The van der Waals surface area contributed by atoms with Crippen molar-refractivity contribution in [1.82, 2.24) is 15.3 Å². The maximum Gasteiger partial charge on any atom is 0.228 e. The molecule has 0 saturated carbocycles. The van der Waals surface area contributed by atoms with Gasteiger partial charge in [-0.2, -0.15) is 0 Å². The van der Waals surface area contributed by atoms with E-state index < -0.39 is 0 Å². The Morgan fingerprint density at radius 3 is 2.82 bits per heavy atom. The van der Waals surface area contributed by atoms with Gasteiger partial charge in [0.05, 0.1) is 5.56 Å². The van der Waals surface area contributed by atoms with Crippen molar-refractivity contribution in [1.29, 1.82) is 0 Å². The van der Waals surface area contributed by atoms with E-state index in [0.29, 0.717) is 11.8 Å². The number of aromatic nitrogens is 2. The Labute approximate surface area is 172 Å². The highest BCUT2D eigenvalue weighted by atomic mass is 35.5. The second-order valence-electron chi connectivity index (χ2n) is 7.27. The molecular formula is C22H20ClN3OS. The third-order valence-corrected chi connectivity index (χ3v) is 6.69. The van der Waals surface area contributed by atoms with Crippen molar-refractivity contribution in [3.8, 4) is 11.5 Å². The number of aromatic amines is 1. The molecule has 0 unspecified atom stereocenters. The Bertz CT molecular complexity index is 1280. The highest BCUT2D eigenvalue weighted by Gasteiger charge is 2.22. The summed E-state index contributed by atoms with van der Waals surface area (Å²) in [5, 5.41) is 8.05. The Kier molecular flexibility index (Phi) is 4.38. The first-order valence-corrected chi connectivity index (χ1v) is 10.3. The predicted octanol–water partition coefficient (Wildman–Crippen LogP) is 6.08. The molecule has 4 nitrogen and oxygen atoms in total. The number of benzene rings is 2. The van der Waals surface area contributed by atoms with Gasteiger partial charge >= 0.3 is 0 Å². The minimum Gasteiger partial charge on any atom is -0.436 e. The molecule has 0 atom stereocenters. The van der Waals surface area contributed by atoms with Crippen LogP contribution in [0.1, 0.15) is 24.3 Å². The molecule has 28 heavy (non-hydrogen) atoms. The summed E-state index contributed by atoms with van der Waals surface area (Å²) in [6.07, 6.45) is 4.51. The maximum absolute atomic E-state index is 6.21. The molecule has 2 N–H and O–H groups in total. The zero-order chi connectivity index (χ0) is 17.8. The van der Waals surface area contributed by atoms with E-state index in [1.807, 2.05) is 6.07 Å². The van der Waals surface area contributed by atoms with Crippen LogP contribution in [0, 0.1) is 0 Å². The maximum atomic E-state index is 6.21. The molecule has 1 aliphatic rings. The van der Waals surface area contributed by atoms with Crippen molar-refractivity contribution in [2.24, 2.45) is 0 Å². The number of hydrogen-bond acceptors (Lipinski definition) is 4. The van der Waals surface area contributed by atoms with Gasteiger partial charge in [0.25, 0.3) is 0 Å². The van der Waals surface area contributed by atoms with E-state index in [2.05, 4.69) is 52.2 Å². The third-order valence-electron chi connectivity index (χ3n) is 5.72. The fourth-order valence-electron chi connectivity index (χ4n) is 4.35. The summed E-state index contributed by atoms with van der Waals surface area (Å²) in [6, 6.07) is 12.6. The first-order valence-electron chi connectivity index (χ1n) is 9.46. The van der Waals surface area contributed by atoms with E-state index in [-0.39, 0.29) is 12.4 Å². The number of rotatable bonds is 2. The molecule has 0 spiro atoms. The normalized spacial score (nSPS) is 15.4. The van der Waals surface area contributed by atoms with Crippen LogP contribution in [-0.2, 0) is 0 Å². The van der Waals surface area contributed by atoms with Crippen molar-refractivity contribution in [3.63, 3.8) is 0 Å². The number of piperidine rings is 1. The predicted molar refractivity (Wildman–Crippen MR) is 119 cm³/mol. The smallest absolute Gasteiger partial charge is 0.228 e. The molecule has 0 radical (unpaired) electrons. The number of halogens is 1. The minimum atomic E-state index is 0. The van der Waals surface area contributed by atoms with Gasteiger partial charge < -0.3 is 14.7 Å². The van der Waals surface area contributed by atoms with Crippen LogP contribution in [-0.4, -0.2) is 23.1 Å². The lowest BCUT2D eigenvalue weighted by atomic mass is 9.90. The summed E-state index contributed by atoms with van der Waals surface area (Å²) in [7, 11) is 0. The van der Waals surface area contributed by atoms with Crippen molar-refractivity contribution in [3.05, 3.63) is 53.5 Å². The zero-order valence-electron chi connectivity index (χ0n) is 15.2. The number of H-pyrrole nitrogens is 1. The molecule has 0 bridgehead atoms. The van der Waals surface area contributed by atoms with Crippen molar-refractivity contribution in [2.45, 2.75) is 18.8 Å². The number of nitrogens with zero attached hydrogens (tertiary/aromatic N) is 1. The highest BCUT2D eigenvalue weighted by Crippen LogP contribution is 2.39. The quantitative estimate of drug-likeness (QED) is 0.371. The largest absolute Gasteiger partial charge is 0.436 e. The monoisotopic (exact) mass is 409 g/mol. The first kappa shape index (κ1) is 17.7. The first-order chi connectivity index (χ1) is 13.4. The summed E-state index contributed by atoms with van der Waals surface area (Å²) in [4.78, 5) is 8.42. The van der Waals surface area contributed by atoms with Crippen LogP contribution in [0.4, 0.5) is 0 Å². The van der Waals surface area contributed by atoms with Gasteiger partial charge in [-0.05, 0) is 55.6 Å². The van der Waals surface area contributed by atoms with Crippen LogP contribution in [0.5, 0.6) is 0 Å². The summed E-state index contributed by atoms with van der Waals surface area (Å²) in [5.74, 6) is 1.29. The molecule has 142 valence electrons. The van der Waals surface area contributed by atoms with Crippen LogP contribution in [0.25, 0.3) is 43.5 Å². The van der Waals surface area contributed by atoms with Gasteiger partial charge in [0, 0.05) is 32.6 Å². The Balaban J connectivity index is 0.00000171. The molecule has 0 amide bonds. The van der Waals surface area contributed by atoms with Crippen LogP contribution in [0.3, 0.4) is 0 Å². The molecule has 5 aromatic rings. The van der Waals surface area contributed by atoms with Gasteiger partial charge in [-0.25, -0.2) is 4.98 Å². The van der Waals surface area contributed by atoms with Crippen molar-refractivity contribution >= 4 is 55.8 Å². The highest BCUT2D eigenvalue weighted by molar-refractivity contribution is 7.17. The average molecular weight is 410 g/mol. The number of oxazole rings is 1. The van der Waals surface area contributed by atoms with Gasteiger partial charge in [0.1, 0.15) is 5.52 Å². The standard InChI is InChI=1S/C22H19N3OS.ClH/c1-2-4-19-14(3-1)16(12-27-19)22-25-21-18(26-22)6-5-17-20(21)15(11-24-17)13-7-9-23-10-8-13;/h1-6,11-13,23-24H,7-10H2;1H. The number of nitrogens with one attached hydrogen (secondary N) is 2. The van der Waals surface area contributed by atoms with E-state index in [0.717, 1.165) is 35.3 Å². The molecule has 1 saturated heterocycles.